The average molecular weight is 523 g/mol. The molecule has 3 heterocycles. The minimum absolute atomic E-state index is 0.00410. The average Bonchev–Trinajstić information content (AvgIpc) is 3.30. The van der Waals surface area contributed by atoms with Gasteiger partial charge in [0.15, 0.2) is 11.5 Å². The van der Waals surface area contributed by atoms with E-state index in [1.165, 1.54) is 7.11 Å². The number of methoxy groups -OCH3 is 1. The van der Waals surface area contributed by atoms with E-state index in [4.69, 9.17) is 9.47 Å². The van der Waals surface area contributed by atoms with Gasteiger partial charge in [0, 0.05) is 37.7 Å². The monoisotopic (exact) mass is 522 g/mol. The maximum Gasteiger partial charge on any atom is 0.234 e. The molecule has 0 aliphatic carbocycles. The van der Waals surface area contributed by atoms with E-state index in [0.717, 1.165) is 55.6 Å². The molecular formula is C29H38N4O5. The smallest absolute Gasteiger partial charge is 0.234 e. The number of ether oxygens (including phenoxy) is 2. The third kappa shape index (κ3) is 5.73. The van der Waals surface area contributed by atoms with Gasteiger partial charge in [-0.1, -0.05) is 12.1 Å². The zero-order valence-electron chi connectivity index (χ0n) is 22.0. The lowest BCUT2D eigenvalue weighted by atomic mass is 9.87. The summed E-state index contributed by atoms with van der Waals surface area (Å²) in [6, 6.07) is 10.9. The molecule has 4 N–H and O–H groups in total. The molecule has 4 bridgehead atoms. The number of aromatic hydroxyl groups is 1. The maximum absolute atomic E-state index is 14.3. The van der Waals surface area contributed by atoms with Gasteiger partial charge in [-0.3, -0.25) is 9.59 Å². The second-order valence-corrected chi connectivity index (χ2v) is 10.3. The summed E-state index contributed by atoms with van der Waals surface area (Å²) < 4.78 is 11.8. The van der Waals surface area contributed by atoms with E-state index in [-0.39, 0.29) is 23.6 Å². The van der Waals surface area contributed by atoms with Crippen LogP contribution in [0.5, 0.6) is 17.2 Å². The topological polar surface area (TPSA) is 112 Å². The van der Waals surface area contributed by atoms with Crippen LogP contribution in [0.3, 0.4) is 0 Å². The first-order valence-corrected chi connectivity index (χ1v) is 13.7. The Morgan fingerprint density at radius 2 is 1.76 bits per heavy atom. The van der Waals surface area contributed by atoms with E-state index in [9.17, 15) is 14.7 Å². The highest BCUT2D eigenvalue weighted by molar-refractivity contribution is 5.87. The van der Waals surface area contributed by atoms with Crippen LogP contribution >= 0.6 is 0 Å². The highest BCUT2D eigenvalue weighted by Gasteiger charge is 2.43. The molecule has 204 valence electrons. The molecule has 0 aromatic heterocycles. The van der Waals surface area contributed by atoms with Crippen molar-refractivity contribution >= 4 is 11.8 Å². The van der Waals surface area contributed by atoms with Gasteiger partial charge in [0.2, 0.25) is 11.8 Å². The van der Waals surface area contributed by atoms with Crippen LogP contribution in [0, 0.1) is 0 Å². The van der Waals surface area contributed by atoms with Crippen molar-refractivity contribution in [2.24, 2.45) is 0 Å². The second-order valence-electron chi connectivity index (χ2n) is 10.3. The van der Waals surface area contributed by atoms with Gasteiger partial charge in [-0.2, -0.15) is 0 Å². The summed E-state index contributed by atoms with van der Waals surface area (Å²) in [4.78, 5) is 29.1. The normalized spacial score (nSPS) is 25.0. The molecule has 0 saturated heterocycles. The number of rotatable bonds is 2. The number of benzene rings is 2. The first-order valence-electron chi connectivity index (χ1n) is 13.7. The van der Waals surface area contributed by atoms with Gasteiger partial charge in [-0.05, 0) is 80.7 Å². The first-order chi connectivity index (χ1) is 18.5. The van der Waals surface area contributed by atoms with Gasteiger partial charge < -0.3 is 35.4 Å². The van der Waals surface area contributed by atoms with Gasteiger partial charge in [-0.25, -0.2) is 0 Å². The lowest BCUT2D eigenvalue weighted by Gasteiger charge is -2.28. The van der Waals surface area contributed by atoms with Crippen molar-refractivity contribution in [3.05, 3.63) is 53.1 Å². The Morgan fingerprint density at radius 1 is 0.947 bits per heavy atom. The maximum atomic E-state index is 14.3. The highest BCUT2D eigenvalue weighted by atomic mass is 16.5. The quantitative estimate of drug-likeness (QED) is 0.480. The number of nitrogens with zero attached hydrogens (tertiary/aromatic N) is 1. The van der Waals surface area contributed by atoms with E-state index >= 15 is 0 Å². The first kappa shape index (κ1) is 26.3. The highest BCUT2D eigenvalue weighted by Crippen LogP contribution is 2.49. The van der Waals surface area contributed by atoms with Crippen molar-refractivity contribution in [3.63, 3.8) is 0 Å². The molecular weight excluding hydrogens is 484 g/mol. The predicted octanol–water partition coefficient (Wildman–Crippen LogP) is 2.76. The van der Waals surface area contributed by atoms with Crippen molar-refractivity contribution in [2.75, 3.05) is 46.4 Å². The van der Waals surface area contributed by atoms with Crippen LogP contribution in [0.15, 0.2) is 36.4 Å². The van der Waals surface area contributed by atoms with Crippen LogP contribution in [0.4, 0.5) is 0 Å². The summed E-state index contributed by atoms with van der Waals surface area (Å²) in [7, 11) is 1.51. The van der Waals surface area contributed by atoms with Gasteiger partial charge in [0.05, 0.1) is 7.11 Å². The Balaban J connectivity index is 1.59. The van der Waals surface area contributed by atoms with Crippen molar-refractivity contribution in [2.45, 2.75) is 50.2 Å². The fourth-order valence-corrected chi connectivity index (χ4v) is 5.66. The molecule has 2 amide bonds. The molecule has 0 spiro atoms. The Kier molecular flexibility index (Phi) is 8.34. The van der Waals surface area contributed by atoms with Crippen LogP contribution in [-0.2, 0) is 9.59 Å². The molecule has 3 atom stereocenters. The van der Waals surface area contributed by atoms with Crippen LogP contribution in [0.1, 0.15) is 66.9 Å². The Hall–Kier alpha value is -3.30. The van der Waals surface area contributed by atoms with Gasteiger partial charge in [-0.15, -0.1) is 0 Å². The number of nitrogens with one attached hydrogen (secondary N) is 3. The molecule has 0 saturated carbocycles. The lowest BCUT2D eigenvalue weighted by Crippen LogP contribution is -2.39. The molecule has 5 rings (SSSR count). The third-order valence-corrected chi connectivity index (χ3v) is 7.71. The predicted molar refractivity (Wildman–Crippen MR) is 143 cm³/mol. The molecule has 3 aliphatic rings. The Labute approximate surface area is 223 Å². The number of carbonyl (C=O) groups is 2. The molecule has 3 unspecified atom stereocenters. The van der Waals surface area contributed by atoms with Crippen molar-refractivity contribution < 1.29 is 24.2 Å². The van der Waals surface area contributed by atoms with Crippen LogP contribution in [0.2, 0.25) is 0 Å². The fraction of sp³-hybridized carbons (Fsp3) is 0.517. The molecule has 2 aromatic rings. The minimum atomic E-state index is -0.554. The molecule has 0 radical (unpaired) electrons. The van der Waals surface area contributed by atoms with E-state index < -0.39 is 12.0 Å². The summed E-state index contributed by atoms with van der Waals surface area (Å²) >= 11 is 0. The number of amides is 2. The SMILES string of the molecule is COc1cc(C2Oc3ccc4cc3C2C(=O)N2CCCCNCCCNC4CC(=O)NCCC2)ccc1O. The molecule has 38 heavy (non-hydrogen) atoms. The zero-order chi connectivity index (χ0) is 26.5. The van der Waals surface area contributed by atoms with Crippen LogP contribution < -0.4 is 25.4 Å². The molecule has 3 aliphatic heterocycles. The summed E-state index contributed by atoms with van der Waals surface area (Å²) in [6.07, 6.45) is 3.30. The summed E-state index contributed by atoms with van der Waals surface area (Å²) in [6.45, 7) is 4.34. The Morgan fingerprint density at radius 3 is 2.63 bits per heavy atom. The van der Waals surface area contributed by atoms with E-state index in [2.05, 4.69) is 16.0 Å². The van der Waals surface area contributed by atoms with Crippen molar-refractivity contribution in [3.8, 4) is 17.2 Å². The van der Waals surface area contributed by atoms with E-state index in [1.54, 1.807) is 18.2 Å². The summed E-state index contributed by atoms with van der Waals surface area (Å²) in [5, 5.41) is 20.3. The van der Waals surface area contributed by atoms with Gasteiger partial charge in [0.25, 0.3) is 0 Å². The zero-order valence-corrected chi connectivity index (χ0v) is 22.0. The summed E-state index contributed by atoms with van der Waals surface area (Å²) in [5.74, 6) is 0.533. The van der Waals surface area contributed by atoms with Gasteiger partial charge >= 0.3 is 0 Å². The van der Waals surface area contributed by atoms with Crippen molar-refractivity contribution in [1.29, 1.82) is 0 Å². The summed E-state index contributed by atoms with van der Waals surface area (Å²) in [5.41, 5.74) is 2.58. The minimum Gasteiger partial charge on any atom is -0.504 e. The Bertz CT molecular complexity index is 1160. The standard InChI is InChI=1S/C29H38N4O5/c1-37-25-17-20(6-8-23(25)34)28-27-21-16-19(7-9-24(21)38-28)22-18-26(35)32-13-5-15-33(29(27)36)14-3-2-10-30-11-4-12-31-22/h6-9,16-17,22,27-28,30-31,34H,2-5,10-15,18H2,1H3,(H,32,35). The van der Waals surface area contributed by atoms with Crippen molar-refractivity contribution in [1.82, 2.24) is 20.9 Å². The third-order valence-electron chi connectivity index (χ3n) is 7.71. The second kappa shape index (κ2) is 12.0. The molecule has 9 heteroatoms. The number of hydrogen-bond donors (Lipinski definition) is 4. The van der Waals surface area contributed by atoms with Crippen LogP contribution in [0.25, 0.3) is 0 Å². The number of phenols is 1. The van der Waals surface area contributed by atoms with E-state index in [0.29, 0.717) is 44.0 Å². The largest absolute Gasteiger partial charge is 0.504 e. The number of hydrogen-bond acceptors (Lipinski definition) is 7. The fourth-order valence-electron chi connectivity index (χ4n) is 5.66. The van der Waals surface area contributed by atoms with Crippen LogP contribution in [-0.4, -0.2) is 68.2 Å². The number of carbonyl (C=O) groups excluding carboxylic acids is 2. The molecule has 0 fully saturated rings. The lowest BCUT2D eigenvalue weighted by molar-refractivity contribution is -0.134. The molecule has 9 nitrogen and oxygen atoms in total. The number of phenolic OH excluding ortho intramolecular Hbond substituents is 1. The molecule has 2 aromatic carbocycles. The van der Waals surface area contributed by atoms with E-state index in [1.807, 2.05) is 23.1 Å². The van der Waals surface area contributed by atoms with Gasteiger partial charge in [0.1, 0.15) is 17.8 Å². The number of fused-ring (bicyclic) bond motifs is 1.